The smallest absolute Gasteiger partial charge is 0.265 e. The van der Waals surface area contributed by atoms with Crippen LogP contribution in [0.25, 0.3) is 5.69 Å². The summed E-state index contributed by atoms with van der Waals surface area (Å²) in [6.45, 7) is 4.03. The average molecular weight is 585 g/mol. The van der Waals surface area contributed by atoms with Gasteiger partial charge in [-0.1, -0.05) is 31.0 Å². The standard InChI is InChI=1S/C28H29ClF2N5O3Si/c1-15-12-21-23(14-35(15)26(38)17-6-11-22(29)20(13-17)24(30)31)33-28(34-40(3)19-9-10-19)36(27(21)39)18-7-4-16(5-8-18)25(37)32-2/h4-8,11,13,15,19,24H,9-10,12,14H2,1-3H3,(H,32,37)(H,33,34)/t15-/m1/s1. The number of anilines is 1. The van der Waals surface area contributed by atoms with Gasteiger partial charge in [0.2, 0.25) is 5.95 Å². The number of carbonyl (C=O) groups is 2. The molecule has 0 unspecified atom stereocenters. The molecule has 209 valence electrons. The van der Waals surface area contributed by atoms with Crippen molar-refractivity contribution in [2.45, 2.75) is 57.3 Å². The average Bonchev–Trinajstić information content (AvgIpc) is 3.79. The van der Waals surface area contributed by atoms with Gasteiger partial charge < -0.3 is 15.2 Å². The van der Waals surface area contributed by atoms with Crippen molar-refractivity contribution in [3.63, 3.8) is 0 Å². The van der Waals surface area contributed by atoms with Crippen LogP contribution in [0.1, 0.15) is 63.7 Å². The second-order valence-electron chi connectivity index (χ2n) is 10.2. The third kappa shape index (κ3) is 5.40. The molecule has 2 heterocycles. The fourth-order valence-corrected chi connectivity index (χ4v) is 6.92. The molecule has 1 atom stereocenters. The predicted molar refractivity (Wildman–Crippen MR) is 151 cm³/mol. The molecule has 0 saturated heterocycles. The summed E-state index contributed by atoms with van der Waals surface area (Å²) in [6, 6.07) is 10.2. The molecule has 1 radical (unpaired) electrons. The van der Waals surface area contributed by atoms with Crippen LogP contribution in [0.2, 0.25) is 17.1 Å². The number of amides is 2. The van der Waals surface area contributed by atoms with E-state index in [0.29, 0.717) is 34.0 Å². The highest BCUT2D eigenvalue weighted by atomic mass is 35.5. The third-order valence-electron chi connectivity index (χ3n) is 7.47. The zero-order valence-corrected chi connectivity index (χ0v) is 24.1. The molecule has 1 fully saturated rings. The molecule has 40 heavy (non-hydrogen) atoms. The maximum atomic E-state index is 13.9. The summed E-state index contributed by atoms with van der Waals surface area (Å²) < 4.78 is 28.4. The lowest BCUT2D eigenvalue weighted by molar-refractivity contribution is 0.0652. The number of nitrogens with one attached hydrogen (secondary N) is 2. The molecule has 1 aliphatic heterocycles. The molecule has 0 spiro atoms. The summed E-state index contributed by atoms with van der Waals surface area (Å²) in [5.41, 5.74) is 2.07. The van der Waals surface area contributed by atoms with Gasteiger partial charge in [-0.2, -0.15) is 0 Å². The number of carbonyl (C=O) groups excluding carboxylic acids is 2. The highest BCUT2D eigenvalue weighted by Gasteiger charge is 2.34. The topological polar surface area (TPSA) is 96.3 Å². The van der Waals surface area contributed by atoms with Gasteiger partial charge in [-0.05, 0) is 61.4 Å². The third-order valence-corrected chi connectivity index (χ3v) is 10.2. The Labute approximate surface area is 237 Å². The molecule has 2 amide bonds. The minimum atomic E-state index is -2.81. The van der Waals surface area contributed by atoms with Gasteiger partial charge in [-0.25, -0.2) is 18.3 Å². The van der Waals surface area contributed by atoms with Crippen molar-refractivity contribution in [1.29, 1.82) is 0 Å². The molecule has 2 aromatic carbocycles. The van der Waals surface area contributed by atoms with Crippen molar-refractivity contribution in [2.24, 2.45) is 0 Å². The maximum Gasteiger partial charge on any atom is 0.265 e. The first-order valence-corrected chi connectivity index (χ1v) is 15.5. The van der Waals surface area contributed by atoms with Gasteiger partial charge in [0.25, 0.3) is 23.8 Å². The summed E-state index contributed by atoms with van der Waals surface area (Å²) in [4.78, 5) is 49.3. The van der Waals surface area contributed by atoms with Crippen LogP contribution in [-0.4, -0.2) is 48.3 Å². The second kappa shape index (κ2) is 11.1. The molecule has 2 aliphatic rings. The first-order valence-electron chi connectivity index (χ1n) is 13.0. The highest BCUT2D eigenvalue weighted by Crippen LogP contribution is 2.39. The Balaban J connectivity index is 1.53. The number of rotatable bonds is 7. The Kier molecular flexibility index (Phi) is 7.78. The number of fused-ring (bicyclic) bond motifs is 1. The molecule has 5 rings (SSSR count). The number of benzene rings is 2. The van der Waals surface area contributed by atoms with Crippen LogP contribution in [0.15, 0.2) is 47.3 Å². The lowest BCUT2D eigenvalue weighted by Crippen LogP contribution is -2.46. The second-order valence-corrected chi connectivity index (χ2v) is 13.1. The van der Waals surface area contributed by atoms with Crippen LogP contribution in [0, 0.1) is 0 Å². The van der Waals surface area contributed by atoms with Crippen LogP contribution in [0.5, 0.6) is 0 Å². The van der Waals surface area contributed by atoms with E-state index in [9.17, 15) is 23.2 Å². The van der Waals surface area contributed by atoms with Crippen LogP contribution >= 0.6 is 11.6 Å². The maximum absolute atomic E-state index is 13.9. The van der Waals surface area contributed by atoms with E-state index in [2.05, 4.69) is 16.8 Å². The fourth-order valence-electron chi connectivity index (χ4n) is 4.96. The molecular weight excluding hydrogens is 556 g/mol. The molecule has 0 bridgehead atoms. The molecule has 1 saturated carbocycles. The lowest BCUT2D eigenvalue weighted by Gasteiger charge is -2.35. The van der Waals surface area contributed by atoms with Crippen LogP contribution in [0.3, 0.4) is 0 Å². The van der Waals surface area contributed by atoms with Crippen molar-refractivity contribution in [3.05, 3.63) is 85.8 Å². The zero-order chi connectivity index (χ0) is 28.7. The fraction of sp³-hybridized carbons (Fsp3) is 0.357. The Bertz CT molecular complexity index is 1530. The molecule has 1 aromatic heterocycles. The summed E-state index contributed by atoms with van der Waals surface area (Å²) in [6.07, 6.45) is -0.286. The quantitative estimate of drug-likeness (QED) is 0.382. The normalized spacial score (nSPS) is 16.7. The predicted octanol–water partition coefficient (Wildman–Crippen LogP) is 4.97. The van der Waals surface area contributed by atoms with Gasteiger partial charge in [0.05, 0.1) is 17.9 Å². The Hall–Kier alpha value is -3.57. The van der Waals surface area contributed by atoms with E-state index in [-0.39, 0.29) is 41.1 Å². The molecule has 8 nitrogen and oxygen atoms in total. The van der Waals surface area contributed by atoms with Crippen LogP contribution < -0.4 is 15.9 Å². The number of hydrogen-bond donors (Lipinski definition) is 2. The Morgan fingerprint density at radius 1 is 1.12 bits per heavy atom. The van der Waals surface area contributed by atoms with Gasteiger partial charge in [-0.15, -0.1) is 0 Å². The van der Waals surface area contributed by atoms with Gasteiger partial charge >= 0.3 is 0 Å². The summed E-state index contributed by atoms with van der Waals surface area (Å²) in [5, 5.41) is 2.49. The number of alkyl halides is 2. The van der Waals surface area contributed by atoms with E-state index in [1.165, 1.54) is 12.1 Å². The largest absolute Gasteiger partial charge is 0.381 e. The van der Waals surface area contributed by atoms with Crippen LogP contribution in [-0.2, 0) is 13.0 Å². The van der Waals surface area contributed by atoms with E-state index in [4.69, 9.17) is 16.6 Å². The van der Waals surface area contributed by atoms with Gasteiger partial charge in [0, 0.05) is 40.4 Å². The van der Waals surface area contributed by atoms with E-state index in [1.807, 2.05) is 6.92 Å². The van der Waals surface area contributed by atoms with Gasteiger partial charge in [-0.3, -0.25) is 14.4 Å². The van der Waals surface area contributed by atoms with Crippen molar-refractivity contribution in [2.75, 3.05) is 12.0 Å². The number of hydrogen-bond acceptors (Lipinski definition) is 5. The van der Waals surface area contributed by atoms with Gasteiger partial charge in [0.15, 0.2) is 8.96 Å². The molecule has 12 heteroatoms. The Morgan fingerprint density at radius 2 is 1.80 bits per heavy atom. The SMILES string of the molecule is CNC(=O)c1ccc(-n2c(N[Si](C)C3CC3)nc3c(c2=O)C[C@@H](C)N(C(=O)c2ccc(Cl)c(C(F)F)c2)C3)cc1. The first-order chi connectivity index (χ1) is 19.1. The minimum absolute atomic E-state index is 0.0670. The first kappa shape index (κ1) is 28.0. The monoisotopic (exact) mass is 584 g/mol. The Morgan fingerprint density at radius 3 is 2.42 bits per heavy atom. The van der Waals surface area contributed by atoms with E-state index in [1.54, 1.807) is 40.8 Å². The summed E-state index contributed by atoms with van der Waals surface area (Å²) in [5.74, 6) is -0.262. The number of aromatic nitrogens is 2. The van der Waals surface area contributed by atoms with Crippen molar-refractivity contribution in [1.82, 2.24) is 19.8 Å². The van der Waals surface area contributed by atoms with E-state index < -0.39 is 26.9 Å². The lowest BCUT2D eigenvalue weighted by atomic mass is 9.98. The molecule has 3 aromatic rings. The van der Waals surface area contributed by atoms with Crippen molar-refractivity contribution >= 4 is 38.3 Å². The number of halogens is 3. The minimum Gasteiger partial charge on any atom is -0.381 e. The summed E-state index contributed by atoms with van der Waals surface area (Å²) in [7, 11) is 0.510. The van der Waals surface area contributed by atoms with E-state index >= 15 is 0 Å². The highest BCUT2D eigenvalue weighted by molar-refractivity contribution is 6.63. The van der Waals surface area contributed by atoms with E-state index in [0.717, 1.165) is 18.9 Å². The zero-order valence-electron chi connectivity index (χ0n) is 22.3. The van der Waals surface area contributed by atoms with Crippen molar-refractivity contribution in [3.8, 4) is 5.69 Å². The number of nitrogens with zero attached hydrogens (tertiary/aromatic N) is 3. The van der Waals surface area contributed by atoms with Gasteiger partial charge in [0.1, 0.15) is 0 Å². The molecule has 2 N–H and O–H groups in total. The molecule has 1 aliphatic carbocycles. The van der Waals surface area contributed by atoms with Crippen LogP contribution in [0.4, 0.5) is 14.7 Å². The van der Waals surface area contributed by atoms with Crippen molar-refractivity contribution < 1.29 is 18.4 Å². The summed E-state index contributed by atoms with van der Waals surface area (Å²) >= 11 is 5.90. The molecular formula is C28H29ClF2N5O3Si.